The lowest BCUT2D eigenvalue weighted by molar-refractivity contribution is -0.128. The van der Waals surface area contributed by atoms with Crippen LogP contribution in [-0.4, -0.2) is 29.8 Å². The van der Waals surface area contributed by atoms with Crippen LogP contribution < -0.4 is 10.1 Å². The number of halogens is 1. The first kappa shape index (κ1) is 15.4. The Bertz CT molecular complexity index is 394. The normalized spacial score (nSPS) is 13.7. The van der Waals surface area contributed by atoms with Crippen molar-refractivity contribution in [1.29, 1.82) is 0 Å². The number of amides is 1. The molecule has 19 heavy (non-hydrogen) atoms. The van der Waals surface area contributed by atoms with Crippen molar-refractivity contribution in [3.63, 3.8) is 0 Å². The number of aliphatic hydroxyl groups excluding tert-OH is 1. The molecule has 106 valence electrons. The van der Waals surface area contributed by atoms with E-state index in [0.29, 0.717) is 12.2 Å². The number of carbonyl (C=O) groups is 1. The zero-order valence-electron chi connectivity index (χ0n) is 11.2. The van der Waals surface area contributed by atoms with E-state index in [2.05, 4.69) is 5.32 Å². The second-order valence-corrected chi connectivity index (χ2v) is 4.34. The van der Waals surface area contributed by atoms with E-state index in [1.165, 1.54) is 24.3 Å². The van der Waals surface area contributed by atoms with E-state index in [-0.39, 0.29) is 24.4 Å². The third-order valence-corrected chi connectivity index (χ3v) is 2.81. The van der Waals surface area contributed by atoms with Gasteiger partial charge in [0.25, 0.3) is 5.91 Å². The van der Waals surface area contributed by atoms with Gasteiger partial charge in [-0.15, -0.1) is 0 Å². The fourth-order valence-electron chi connectivity index (χ4n) is 1.62. The van der Waals surface area contributed by atoms with Gasteiger partial charge in [0.2, 0.25) is 0 Å². The highest BCUT2D eigenvalue weighted by atomic mass is 19.1. The van der Waals surface area contributed by atoms with Crippen LogP contribution >= 0.6 is 0 Å². The molecule has 0 fully saturated rings. The summed E-state index contributed by atoms with van der Waals surface area (Å²) in [5.41, 5.74) is 0. The molecule has 0 bridgehead atoms. The second-order valence-electron chi connectivity index (χ2n) is 4.34. The first-order valence-electron chi connectivity index (χ1n) is 6.40. The molecule has 0 aromatic heterocycles. The number of nitrogens with one attached hydrogen (secondary N) is 1. The number of aliphatic hydroxyl groups is 1. The third-order valence-electron chi connectivity index (χ3n) is 2.81. The SMILES string of the molecule is CCC(CCO)NC(=O)C(C)Oc1ccc(F)cc1. The van der Waals surface area contributed by atoms with Gasteiger partial charge in [-0.2, -0.15) is 0 Å². The molecule has 1 amide bonds. The van der Waals surface area contributed by atoms with E-state index < -0.39 is 6.10 Å². The molecule has 1 aromatic rings. The molecule has 4 nitrogen and oxygen atoms in total. The minimum Gasteiger partial charge on any atom is -0.481 e. The van der Waals surface area contributed by atoms with Crippen molar-refractivity contribution in [3.05, 3.63) is 30.1 Å². The van der Waals surface area contributed by atoms with Gasteiger partial charge in [-0.05, 0) is 44.0 Å². The Labute approximate surface area is 112 Å². The average Bonchev–Trinajstić information content (AvgIpc) is 2.40. The summed E-state index contributed by atoms with van der Waals surface area (Å²) < 4.78 is 18.1. The van der Waals surface area contributed by atoms with Gasteiger partial charge in [-0.25, -0.2) is 4.39 Å². The highest BCUT2D eigenvalue weighted by Crippen LogP contribution is 2.13. The predicted molar refractivity (Wildman–Crippen MR) is 70.4 cm³/mol. The monoisotopic (exact) mass is 269 g/mol. The zero-order valence-corrected chi connectivity index (χ0v) is 11.2. The molecule has 0 saturated carbocycles. The van der Waals surface area contributed by atoms with E-state index in [1.807, 2.05) is 6.92 Å². The predicted octanol–water partition coefficient (Wildman–Crippen LogP) is 1.87. The summed E-state index contributed by atoms with van der Waals surface area (Å²) >= 11 is 0. The van der Waals surface area contributed by atoms with E-state index in [9.17, 15) is 9.18 Å². The molecular weight excluding hydrogens is 249 g/mol. The van der Waals surface area contributed by atoms with E-state index >= 15 is 0 Å². The Morgan fingerprint density at radius 3 is 2.58 bits per heavy atom. The topological polar surface area (TPSA) is 58.6 Å². The fraction of sp³-hybridized carbons (Fsp3) is 0.500. The standard InChI is InChI=1S/C14H20FNO3/c1-3-12(8-9-17)16-14(18)10(2)19-13-6-4-11(15)5-7-13/h4-7,10,12,17H,3,8-9H2,1-2H3,(H,16,18). The van der Waals surface area contributed by atoms with Crippen LogP contribution in [0.25, 0.3) is 0 Å². The molecule has 2 atom stereocenters. The lowest BCUT2D eigenvalue weighted by Gasteiger charge is -2.20. The van der Waals surface area contributed by atoms with Gasteiger partial charge < -0.3 is 15.2 Å². The summed E-state index contributed by atoms with van der Waals surface area (Å²) in [5.74, 6) is -0.151. The van der Waals surface area contributed by atoms with Crippen molar-refractivity contribution in [2.45, 2.75) is 38.8 Å². The van der Waals surface area contributed by atoms with Crippen LogP contribution in [0.4, 0.5) is 4.39 Å². The molecule has 0 aliphatic heterocycles. The second kappa shape index (κ2) is 7.74. The summed E-state index contributed by atoms with van der Waals surface area (Å²) in [7, 11) is 0. The first-order chi connectivity index (χ1) is 9.06. The van der Waals surface area contributed by atoms with Crippen molar-refractivity contribution >= 4 is 5.91 Å². The summed E-state index contributed by atoms with van der Waals surface area (Å²) in [5, 5.41) is 11.7. The maximum Gasteiger partial charge on any atom is 0.260 e. The maximum atomic E-state index is 12.7. The van der Waals surface area contributed by atoms with Crippen LogP contribution in [0.15, 0.2) is 24.3 Å². The molecule has 0 aliphatic carbocycles. The molecule has 0 saturated heterocycles. The molecule has 2 unspecified atom stereocenters. The van der Waals surface area contributed by atoms with Gasteiger partial charge in [0.05, 0.1) is 0 Å². The van der Waals surface area contributed by atoms with Crippen molar-refractivity contribution in [3.8, 4) is 5.75 Å². The molecule has 0 aliphatic rings. The smallest absolute Gasteiger partial charge is 0.260 e. The summed E-state index contributed by atoms with van der Waals surface area (Å²) in [6, 6.07) is 5.45. The van der Waals surface area contributed by atoms with Crippen molar-refractivity contribution in [2.75, 3.05) is 6.61 Å². The van der Waals surface area contributed by atoms with Crippen LogP contribution in [0.3, 0.4) is 0 Å². The molecule has 2 N–H and O–H groups in total. The van der Waals surface area contributed by atoms with Crippen LogP contribution in [-0.2, 0) is 4.79 Å². The number of rotatable bonds is 7. The largest absolute Gasteiger partial charge is 0.481 e. The van der Waals surface area contributed by atoms with Crippen LogP contribution in [0.5, 0.6) is 5.75 Å². The van der Waals surface area contributed by atoms with Crippen LogP contribution in [0.2, 0.25) is 0 Å². The third kappa shape index (κ3) is 5.26. The fourth-order valence-corrected chi connectivity index (χ4v) is 1.62. The minimum atomic E-state index is -0.668. The summed E-state index contributed by atoms with van der Waals surface area (Å²) in [6.07, 6.45) is 0.597. The zero-order chi connectivity index (χ0) is 14.3. The summed E-state index contributed by atoms with van der Waals surface area (Å²) in [6.45, 7) is 3.60. The van der Waals surface area contributed by atoms with E-state index in [4.69, 9.17) is 9.84 Å². The number of hydrogen-bond donors (Lipinski definition) is 2. The first-order valence-corrected chi connectivity index (χ1v) is 6.40. The molecule has 0 heterocycles. The highest BCUT2D eigenvalue weighted by Gasteiger charge is 2.17. The molecule has 1 aromatic carbocycles. The van der Waals surface area contributed by atoms with Crippen molar-refractivity contribution in [2.24, 2.45) is 0 Å². The molecule has 0 spiro atoms. The van der Waals surface area contributed by atoms with Gasteiger partial charge >= 0.3 is 0 Å². The van der Waals surface area contributed by atoms with Crippen LogP contribution in [0, 0.1) is 5.82 Å². The quantitative estimate of drug-likeness (QED) is 0.794. The van der Waals surface area contributed by atoms with Crippen LogP contribution in [0.1, 0.15) is 26.7 Å². The molecule has 5 heteroatoms. The van der Waals surface area contributed by atoms with Crippen molar-refractivity contribution < 1.29 is 19.0 Å². The Balaban J connectivity index is 2.50. The lowest BCUT2D eigenvalue weighted by atomic mass is 10.1. The average molecular weight is 269 g/mol. The van der Waals surface area contributed by atoms with Gasteiger partial charge in [0.15, 0.2) is 6.10 Å². The Morgan fingerprint density at radius 2 is 2.05 bits per heavy atom. The number of hydrogen-bond acceptors (Lipinski definition) is 3. The number of ether oxygens (including phenoxy) is 1. The summed E-state index contributed by atoms with van der Waals surface area (Å²) in [4.78, 5) is 11.9. The Morgan fingerprint density at radius 1 is 1.42 bits per heavy atom. The van der Waals surface area contributed by atoms with E-state index in [1.54, 1.807) is 6.92 Å². The molecule has 1 rings (SSSR count). The maximum absolute atomic E-state index is 12.7. The molecule has 0 radical (unpaired) electrons. The number of benzene rings is 1. The van der Waals surface area contributed by atoms with Crippen molar-refractivity contribution in [1.82, 2.24) is 5.32 Å². The van der Waals surface area contributed by atoms with Gasteiger partial charge in [0, 0.05) is 12.6 Å². The molecular formula is C14H20FNO3. The van der Waals surface area contributed by atoms with Gasteiger partial charge in [-0.1, -0.05) is 6.92 Å². The minimum absolute atomic E-state index is 0.0337. The highest BCUT2D eigenvalue weighted by molar-refractivity contribution is 5.81. The van der Waals surface area contributed by atoms with Gasteiger partial charge in [0.1, 0.15) is 11.6 Å². The van der Waals surface area contributed by atoms with E-state index in [0.717, 1.165) is 6.42 Å². The lowest BCUT2D eigenvalue weighted by Crippen LogP contribution is -2.42. The Kier molecular flexibility index (Phi) is 6.29. The Hall–Kier alpha value is -1.62. The van der Waals surface area contributed by atoms with Gasteiger partial charge in [-0.3, -0.25) is 4.79 Å². The number of carbonyl (C=O) groups excluding carboxylic acids is 1.